The van der Waals surface area contributed by atoms with Crippen molar-refractivity contribution < 1.29 is 4.74 Å². The van der Waals surface area contributed by atoms with Crippen molar-refractivity contribution in [1.29, 1.82) is 0 Å². The van der Waals surface area contributed by atoms with Crippen molar-refractivity contribution in [2.45, 2.75) is 26.8 Å². The number of halogens is 1. The van der Waals surface area contributed by atoms with E-state index in [1.807, 2.05) is 13.0 Å². The van der Waals surface area contributed by atoms with E-state index in [-0.39, 0.29) is 12.4 Å². The average Bonchev–Trinajstić information content (AvgIpc) is 2.41. The number of benzene rings is 1. The molecule has 0 saturated carbocycles. The Labute approximate surface area is 128 Å². The molecule has 0 bridgehead atoms. The number of nitrogen functional groups attached to an aromatic ring is 1. The molecule has 0 unspecified atom stereocenters. The van der Waals surface area contributed by atoms with Crippen molar-refractivity contribution in [2.24, 2.45) is 0 Å². The van der Waals surface area contributed by atoms with Gasteiger partial charge in [0.15, 0.2) is 0 Å². The second-order valence-corrected chi connectivity index (χ2v) is 5.27. The van der Waals surface area contributed by atoms with Gasteiger partial charge in [-0.15, -0.1) is 12.4 Å². The minimum Gasteiger partial charge on any atom is -0.492 e. The first-order valence-corrected chi connectivity index (χ1v) is 7.13. The molecular weight excluding hydrogens is 274 g/mol. The minimum absolute atomic E-state index is 0. The molecule has 1 aromatic rings. The van der Waals surface area contributed by atoms with Crippen LogP contribution in [0.15, 0.2) is 18.2 Å². The molecule has 1 aromatic carbocycles. The summed E-state index contributed by atoms with van der Waals surface area (Å²) in [5.41, 5.74) is 7.84. The Bertz CT molecular complexity index is 418. The standard InChI is InChI=1S/C15H25N3O.ClH/c1-4-19-15-11-13(5-6-14(15)16)18-9-7-17(8-10-18)12(2)3;/h5-6,11-12H,4,7-10,16H2,1-3H3;1H. The fourth-order valence-corrected chi connectivity index (χ4v) is 2.50. The Kier molecular flexibility index (Phi) is 6.43. The van der Waals surface area contributed by atoms with Crippen LogP contribution in [0, 0.1) is 0 Å². The van der Waals surface area contributed by atoms with Crippen LogP contribution in [0.1, 0.15) is 20.8 Å². The molecule has 1 aliphatic heterocycles. The summed E-state index contributed by atoms with van der Waals surface area (Å²) in [6.45, 7) is 11.5. The molecule has 1 aliphatic rings. The molecule has 2 N–H and O–H groups in total. The monoisotopic (exact) mass is 299 g/mol. The predicted octanol–water partition coefficient (Wildman–Crippen LogP) is 2.62. The van der Waals surface area contributed by atoms with E-state index in [1.165, 1.54) is 5.69 Å². The van der Waals surface area contributed by atoms with Crippen LogP contribution in [-0.4, -0.2) is 43.7 Å². The summed E-state index contributed by atoms with van der Waals surface area (Å²) in [5.74, 6) is 0.797. The average molecular weight is 300 g/mol. The SMILES string of the molecule is CCOc1cc(N2CCN(C(C)C)CC2)ccc1N.Cl. The van der Waals surface area contributed by atoms with Gasteiger partial charge in [-0.25, -0.2) is 0 Å². The molecule has 114 valence electrons. The van der Waals surface area contributed by atoms with Crippen molar-refractivity contribution in [3.05, 3.63) is 18.2 Å². The second kappa shape index (κ2) is 7.60. The largest absolute Gasteiger partial charge is 0.492 e. The predicted molar refractivity (Wildman–Crippen MR) is 88.2 cm³/mol. The lowest BCUT2D eigenvalue weighted by molar-refractivity contribution is 0.209. The lowest BCUT2D eigenvalue weighted by Gasteiger charge is -2.38. The maximum absolute atomic E-state index is 5.92. The topological polar surface area (TPSA) is 41.7 Å². The van der Waals surface area contributed by atoms with Gasteiger partial charge in [0.2, 0.25) is 0 Å². The molecule has 0 radical (unpaired) electrons. The molecule has 1 fully saturated rings. The molecule has 0 aliphatic carbocycles. The van der Waals surface area contributed by atoms with E-state index in [1.54, 1.807) is 0 Å². The van der Waals surface area contributed by atoms with Gasteiger partial charge in [-0.05, 0) is 32.9 Å². The highest BCUT2D eigenvalue weighted by atomic mass is 35.5. The summed E-state index contributed by atoms with van der Waals surface area (Å²) in [5, 5.41) is 0. The molecule has 2 rings (SSSR count). The van der Waals surface area contributed by atoms with Crippen molar-refractivity contribution in [1.82, 2.24) is 4.90 Å². The van der Waals surface area contributed by atoms with Crippen LogP contribution in [0.2, 0.25) is 0 Å². The minimum atomic E-state index is 0. The quantitative estimate of drug-likeness (QED) is 0.868. The third-order valence-corrected chi connectivity index (χ3v) is 3.71. The van der Waals surface area contributed by atoms with Gasteiger partial charge in [-0.2, -0.15) is 0 Å². The van der Waals surface area contributed by atoms with Crippen molar-refractivity contribution in [3.8, 4) is 5.75 Å². The fraction of sp³-hybridized carbons (Fsp3) is 0.600. The molecule has 0 aromatic heterocycles. The van der Waals surface area contributed by atoms with Crippen molar-refractivity contribution >= 4 is 23.8 Å². The Morgan fingerprint density at radius 3 is 2.40 bits per heavy atom. The van der Waals surface area contributed by atoms with Gasteiger partial charge in [0.1, 0.15) is 5.75 Å². The van der Waals surface area contributed by atoms with Gasteiger partial charge >= 0.3 is 0 Å². The van der Waals surface area contributed by atoms with E-state index in [2.05, 4.69) is 35.8 Å². The fourth-order valence-electron chi connectivity index (χ4n) is 2.50. The van der Waals surface area contributed by atoms with Gasteiger partial charge < -0.3 is 15.4 Å². The molecule has 0 amide bonds. The van der Waals surface area contributed by atoms with Crippen LogP contribution in [0.3, 0.4) is 0 Å². The summed E-state index contributed by atoms with van der Waals surface area (Å²) in [4.78, 5) is 4.91. The Balaban J connectivity index is 0.00000200. The molecule has 4 nitrogen and oxygen atoms in total. The molecule has 0 atom stereocenters. The van der Waals surface area contributed by atoms with Gasteiger partial charge in [-0.1, -0.05) is 0 Å². The third-order valence-electron chi connectivity index (χ3n) is 3.71. The number of ether oxygens (including phenoxy) is 1. The zero-order valence-electron chi connectivity index (χ0n) is 12.6. The van der Waals surface area contributed by atoms with Gasteiger partial charge in [0.05, 0.1) is 12.3 Å². The molecule has 20 heavy (non-hydrogen) atoms. The summed E-state index contributed by atoms with van der Waals surface area (Å²) in [7, 11) is 0. The lowest BCUT2D eigenvalue weighted by Crippen LogP contribution is -2.48. The van der Waals surface area contributed by atoms with Crippen LogP contribution in [-0.2, 0) is 0 Å². The highest BCUT2D eigenvalue weighted by Gasteiger charge is 2.19. The molecular formula is C15H26ClN3O. The van der Waals surface area contributed by atoms with E-state index in [9.17, 15) is 0 Å². The number of hydrogen-bond donors (Lipinski definition) is 1. The summed E-state index contributed by atoms with van der Waals surface area (Å²) in [6, 6.07) is 6.72. The number of hydrogen-bond acceptors (Lipinski definition) is 4. The van der Waals surface area contributed by atoms with E-state index >= 15 is 0 Å². The maximum Gasteiger partial charge on any atom is 0.144 e. The van der Waals surface area contributed by atoms with Crippen LogP contribution in [0.25, 0.3) is 0 Å². The Hall–Kier alpha value is -1.13. The van der Waals surface area contributed by atoms with Crippen molar-refractivity contribution in [2.75, 3.05) is 43.4 Å². The number of nitrogens with zero attached hydrogens (tertiary/aromatic N) is 2. The summed E-state index contributed by atoms with van der Waals surface area (Å²) in [6.07, 6.45) is 0. The summed E-state index contributed by atoms with van der Waals surface area (Å²) >= 11 is 0. The van der Waals surface area contributed by atoms with Crippen molar-refractivity contribution in [3.63, 3.8) is 0 Å². The first kappa shape index (κ1) is 16.9. The van der Waals surface area contributed by atoms with E-state index in [0.717, 1.165) is 31.9 Å². The normalized spacial score (nSPS) is 16.1. The molecule has 0 spiro atoms. The maximum atomic E-state index is 5.92. The lowest BCUT2D eigenvalue weighted by atomic mass is 10.2. The zero-order valence-corrected chi connectivity index (χ0v) is 13.4. The molecule has 1 saturated heterocycles. The van der Waals surface area contributed by atoms with Crippen LogP contribution in [0.5, 0.6) is 5.75 Å². The van der Waals surface area contributed by atoms with E-state index in [4.69, 9.17) is 10.5 Å². The van der Waals surface area contributed by atoms with E-state index in [0.29, 0.717) is 18.3 Å². The summed E-state index contributed by atoms with van der Waals surface area (Å²) < 4.78 is 5.57. The van der Waals surface area contributed by atoms with Crippen LogP contribution in [0.4, 0.5) is 11.4 Å². The number of piperazine rings is 1. The zero-order chi connectivity index (χ0) is 13.8. The first-order valence-electron chi connectivity index (χ1n) is 7.13. The van der Waals surface area contributed by atoms with Gasteiger partial charge in [0, 0.05) is 44.0 Å². The third kappa shape index (κ3) is 3.93. The molecule has 1 heterocycles. The molecule has 5 heteroatoms. The van der Waals surface area contributed by atoms with Crippen LogP contribution < -0.4 is 15.4 Å². The highest BCUT2D eigenvalue weighted by molar-refractivity contribution is 5.85. The Morgan fingerprint density at radius 1 is 1.20 bits per heavy atom. The second-order valence-electron chi connectivity index (χ2n) is 5.27. The Morgan fingerprint density at radius 2 is 1.85 bits per heavy atom. The van der Waals surface area contributed by atoms with Crippen LogP contribution >= 0.6 is 12.4 Å². The van der Waals surface area contributed by atoms with Gasteiger partial charge in [-0.3, -0.25) is 4.90 Å². The van der Waals surface area contributed by atoms with E-state index < -0.39 is 0 Å². The van der Waals surface area contributed by atoms with Gasteiger partial charge in [0.25, 0.3) is 0 Å². The number of rotatable bonds is 4. The smallest absolute Gasteiger partial charge is 0.144 e. The highest BCUT2D eigenvalue weighted by Crippen LogP contribution is 2.28. The number of nitrogens with two attached hydrogens (primary N) is 1. The number of anilines is 2. The first-order chi connectivity index (χ1) is 9.11.